The Morgan fingerprint density at radius 3 is 2.94 bits per heavy atom. The van der Waals surface area contributed by atoms with Crippen LogP contribution in [0.25, 0.3) is 0 Å². The average Bonchev–Trinajstić information content (AvgIpc) is 2.58. The molecule has 0 bridgehead atoms. The molecule has 1 unspecified atom stereocenters. The van der Waals surface area contributed by atoms with Crippen LogP contribution in [-0.4, -0.2) is 37.6 Å². The topological polar surface area (TPSA) is 15.3 Å². The van der Waals surface area contributed by atoms with E-state index < -0.39 is 0 Å². The SMILES string of the molecule is CC(CN1CCCNCC1)c1ccccc1Cl. The van der Waals surface area contributed by atoms with Crippen LogP contribution in [0, 0.1) is 0 Å². The molecule has 1 fully saturated rings. The summed E-state index contributed by atoms with van der Waals surface area (Å²) in [6.45, 7) is 7.97. The molecule has 3 heteroatoms. The lowest BCUT2D eigenvalue weighted by Gasteiger charge is -2.24. The maximum atomic E-state index is 6.24. The molecule has 0 aliphatic carbocycles. The average molecular weight is 253 g/mol. The fourth-order valence-corrected chi connectivity index (χ4v) is 2.77. The van der Waals surface area contributed by atoms with Gasteiger partial charge in [0.05, 0.1) is 0 Å². The van der Waals surface area contributed by atoms with Crippen molar-refractivity contribution in [3.05, 3.63) is 34.9 Å². The first-order valence-corrected chi connectivity index (χ1v) is 6.82. The number of nitrogens with one attached hydrogen (secondary N) is 1. The summed E-state index contributed by atoms with van der Waals surface area (Å²) in [6, 6.07) is 8.19. The highest BCUT2D eigenvalue weighted by Crippen LogP contribution is 2.24. The summed E-state index contributed by atoms with van der Waals surface area (Å²) >= 11 is 6.24. The van der Waals surface area contributed by atoms with Crippen LogP contribution in [-0.2, 0) is 0 Å². The van der Waals surface area contributed by atoms with E-state index in [4.69, 9.17) is 11.6 Å². The van der Waals surface area contributed by atoms with Crippen molar-refractivity contribution in [2.24, 2.45) is 0 Å². The largest absolute Gasteiger partial charge is 0.315 e. The van der Waals surface area contributed by atoms with E-state index in [-0.39, 0.29) is 0 Å². The summed E-state index contributed by atoms with van der Waals surface area (Å²) in [5, 5.41) is 4.33. The molecule has 0 amide bonds. The fraction of sp³-hybridized carbons (Fsp3) is 0.571. The second-order valence-electron chi connectivity index (χ2n) is 4.83. The monoisotopic (exact) mass is 252 g/mol. The lowest BCUT2D eigenvalue weighted by Crippen LogP contribution is -2.31. The molecule has 1 aromatic rings. The van der Waals surface area contributed by atoms with Gasteiger partial charge in [-0.05, 0) is 37.1 Å². The number of hydrogen-bond acceptors (Lipinski definition) is 2. The Bertz CT molecular complexity index is 346. The molecule has 0 radical (unpaired) electrons. The van der Waals surface area contributed by atoms with Crippen LogP contribution >= 0.6 is 11.6 Å². The molecule has 1 atom stereocenters. The quantitative estimate of drug-likeness (QED) is 0.890. The molecule has 0 aromatic heterocycles. The van der Waals surface area contributed by atoms with Gasteiger partial charge >= 0.3 is 0 Å². The van der Waals surface area contributed by atoms with Crippen molar-refractivity contribution in [3.8, 4) is 0 Å². The minimum Gasteiger partial charge on any atom is -0.315 e. The van der Waals surface area contributed by atoms with Crippen LogP contribution in [0.3, 0.4) is 0 Å². The second-order valence-corrected chi connectivity index (χ2v) is 5.23. The summed E-state index contributed by atoms with van der Waals surface area (Å²) in [5.41, 5.74) is 1.27. The maximum Gasteiger partial charge on any atom is 0.0441 e. The van der Waals surface area contributed by atoms with Crippen molar-refractivity contribution < 1.29 is 0 Å². The molecule has 0 saturated carbocycles. The summed E-state index contributed by atoms with van der Waals surface area (Å²) in [4.78, 5) is 2.54. The van der Waals surface area contributed by atoms with E-state index in [9.17, 15) is 0 Å². The smallest absolute Gasteiger partial charge is 0.0441 e. The number of halogens is 1. The van der Waals surface area contributed by atoms with Crippen molar-refractivity contribution in [1.29, 1.82) is 0 Å². The molecule has 2 nitrogen and oxygen atoms in total. The summed E-state index contributed by atoms with van der Waals surface area (Å²) in [6.07, 6.45) is 1.25. The summed E-state index contributed by atoms with van der Waals surface area (Å²) in [5.74, 6) is 0.502. The van der Waals surface area contributed by atoms with Gasteiger partial charge in [-0.1, -0.05) is 36.7 Å². The number of nitrogens with zero attached hydrogens (tertiary/aromatic N) is 1. The van der Waals surface area contributed by atoms with Crippen molar-refractivity contribution in [2.75, 3.05) is 32.7 Å². The molecule has 1 aliphatic rings. The van der Waals surface area contributed by atoms with Gasteiger partial charge in [0.15, 0.2) is 0 Å². The fourth-order valence-electron chi connectivity index (χ4n) is 2.44. The highest BCUT2D eigenvalue weighted by atomic mass is 35.5. The van der Waals surface area contributed by atoms with E-state index in [2.05, 4.69) is 29.3 Å². The molecule has 2 rings (SSSR count). The van der Waals surface area contributed by atoms with E-state index in [0.717, 1.165) is 31.2 Å². The predicted octanol–water partition coefficient (Wildman–Crippen LogP) is 2.74. The molecule has 1 aromatic carbocycles. The third-order valence-corrected chi connectivity index (χ3v) is 3.75. The minimum absolute atomic E-state index is 0.502. The molecule has 17 heavy (non-hydrogen) atoms. The maximum absolute atomic E-state index is 6.24. The van der Waals surface area contributed by atoms with Crippen LogP contribution < -0.4 is 5.32 Å². The van der Waals surface area contributed by atoms with Crippen molar-refractivity contribution in [1.82, 2.24) is 10.2 Å². The molecular formula is C14H21ClN2. The first-order chi connectivity index (χ1) is 8.27. The van der Waals surface area contributed by atoms with Crippen molar-refractivity contribution in [3.63, 3.8) is 0 Å². The predicted molar refractivity (Wildman–Crippen MR) is 73.8 cm³/mol. The van der Waals surface area contributed by atoms with Crippen LogP contribution in [0.2, 0.25) is 5.02 Å². The van der Waals surface area contributed by atoms with Gasteiger partial charge < -0.3 is 10.2 Å². The Labute approximate surface area is 109 Å². The molecule has 1 aliphatic heterocycles. The zero-order chi connectivity index (χ0) is 12.1. The minimum atomic E-state index is 0.502. The number of benzene rings is 1. The molecule has 1 heterocycles. The van der Waals surface area contributed by atoms with Crippen LogP contribution in [0.15, 0.2) is 24.3 Å². The first kappa shape index (κ1) is 12.9. The molecule has 1 N–H and O–H groups in total. The van der Waals surface area contributed by atoms with Crippen LogP contribution in [0.5, 0.6) is 0 Å². The molecule has 1 saturated heterocycles. The van der Waals surface area contributed by atoms with Crippen molar-refractivity contribution >= 4 is 11.6 Å². The zero-order valence-electron chi connectivity index (χ0n) is 10.5. The Hall–Kier alpha value is -0.570. The van der Waals surface area contributed by atoms with Gasteiger partial charge in [-0.15, -0.1) is 0 Å². The van der Waals surface area contributed by atoms with Crippen LogP contribution in [0.1, 0.15) is 24.8 Å². The van der Waals surface area contributed by atoms with Gasteiger partial charge in [0.2, 0.25) is 0 Å². The van der Waals surface area contributed by atoms with Gasteiger partial charge in [0, 0.05) is 24.7 Å². The van der Waals surface area contributed by atoms with Gasteiger partial charge in [-0.2, -0.15) is 0 Å². The first-order valence-electron chi connectivity index (χ1n) is 6.45. The molecular weight excluding hydrogens is 232 g/mol. The van der Waals surface area contributed by atoms with E-state index in [1.807, 2.05) is 12.1 Å². The molecule has 94 valence electrons. The standard InChI is InChI=1S/C14H21ClN2/c1-12(13-5-2-3-6-14(13)15)11-17-9-4-7-16-8-10-17/h2-3,5-6,12,16H,4,7-11H2,1H3. The van der Waals surface area contributed by atoms with E-state index in [0.29, 0.717) is 5.92 Å². The van der Waals surface area contributed by atoms with E-state index in [1.54, 1.807) is 0 Å². The Kier molecular flexibility index (Phi) is 4.84. The van der Waals surface area contributed by atoms with Gasteiger partial charge in [0.1, 0.15) is 0 Å². The molecule has 0 spiro atoms. The number of rotatable bonds is 3. The highest BCUT2D eigenvalue weighted by molar-refractivity contribution is 6.31. The number of hydrogen-bond donors (Lipinski definition) is 1. The Morgan fingerprint density at radius 1 is 1.29 bits per heavy atom. The second kappa shape index (κ2) is 6.39. The normalized spacial score (nSPS) is 19.9. The Morgan fingerprint density at radius 2 is 2.12 bits per heavy atom. The summed E-state index contributed by atoms with van der Waals surface area (Å²) in [7, 11) is 0. The van der Waals surface area contributed by atoms with E-state index in [1.165, 1.54) is 18.5 Å². The lowest BCUT2D eigenvalue weighted by molar-refractivity contribution is 0.278. The van der Waals surface area contributed by atoms with Crippen molar-refractivity contribution in [2.45, 2.75) is 19.3 Å². The van der Waals surface area contributed by atoms with E-state index >= 15 is 0 Å². The van der Waals surface area contributed by atoms with Gasteiger partial charge in [0.25, 0.3) is 0 Å². The zero-order valence-corrected chi connectivity index (χ0v) is 11.2. The van der Waals surface area contributed by atoms with Gasteiger partial charge in [-0.3, -0.25) is 0 Å². The van der Waals surface area contributed by atoms with Gasteiger partial charge in [-0.25, -0.2) is 0 Å². The lowest BCUT2D eigenvalue weighted by atomic mass is 10.0. The third-order valence-electron chi connectivity index (χ3n) is 3.40. The van der Waals surface area contributed by atoms with Crippen LogP contribution in [0.4, 0.5) is 0 Å². The Balaban J connectivity index is 1.96. The summed E-state index contributed by atoms with van der Waals surface area (Å²) < 4.78 is 0. The highest BCUT2D eigenvalue weighted by Gasteiger charge is 2.15. The third kappa shape index (κ3) is 3.70.